The molecule has 4 aromatic heterocycles. The number of pyridine rings is 2. The highest BCUT2D eigenvalue weighted by Gasteiger charge is 2.15. The Kier molecular flexibility index (Phi) is 18.3. The summed E-state index contributed by atoms with van der Waals surface area (Å²) in [7, 11) is 3.92. The van der Waals surface area contributed by atoms with Crippen LogP contribution in [-0.2, 0) is 33.0 Å². The van der Waals surface area contributed by atoms with Crippen LogP contribution in [-0.4, -0.2) is 83.6 Å². The molecule has 16 heteroatoms. The van der Waals surface area contributed by atoms with Gasteiger partial charge in [-0.15, -0.1) is 8.75 Å². The van der Waals surface area contributed by atoms with Crippen LogP contribution in [0.5, 0.6) is 11.8 Å². The number of hydrogen-bond acceptors (Lipinski definition) is 12. The van der Waals surface area contributed by atoms with E-state index < -0.39 is 0 Å². The smallest absolute Gasteiger partial charge is 0.254 e. The summed E-state index contributed by atoms with van der Waals surface area (Å²) in [5, 5.41) is 0. The van der Waals surface area contributed by atoms with E-state index in [1.165, 1.54) is 0 Å². The van der Waals surface area contributed by atoms with Crippen molar-refractivity contribution in [2.75, 3.05) is 66.1 Å². The number of halogens is 2. The first-order chi connectivity index (χ1) is 19.7. The molecule has 4 aromatic rings. The number of hydrogen-bond donors (Lipinski definition) is 0. The first-order valence-corrected chi connectivity index (χ1v) is 14.3. The molecule has 0 saturated carbocycles. The second-order valence-corrected chi connectivity index (χ2v) is 9.56. The number of aromatic nitrogens is 6. The fourth-order valence-electron chi connectivity index (χ4n) is 3.52. The van der Waals surface area contributed by atoms with Gasteiger partial charge in [0.2, 0.25) is 0 Å². The first-order valence-electron chi connectivity index (χ1n) is 12.8. The molecule has 4 rings (SSSR count). The van der Waals surface area contributed by atoms with Gasteiger partial charge in [-0.05, 0) is 12.1 Å². The molecule has 0 aliphatic rings. The number of ether oxygens (including phenoxy) is 6. The van der Waals surface area contributed by atoms with Crippen LogP contribution in [0.3, 0.4) is 0 Å². The van der Waals surface area contributed by atoms with Crippen LogP contribution < -0.4 is 66.6 Å². The van der Waals surface area contributed by atoms with Gasteiger partial charge in [-0.3, -0.25) is 0 Å². The number of rotatable bonds is 19. The lowest BCUT2D eigenvalue weighted by molar-refractivity contribution is -0.671. The Hall–Kier alpha value is -1.68. The van der Waals surface area contributed by atoms with E-state index in [2.05, 4.69) is 17.5 Å². The standard InChI is InChI=1S/C26H34N6O6S2.2HI/c1-31-7-3-5-21(19-31)23-25(29-39-27-23)37-17-15-35-13-11-33-9-10-34-12-14-36-16-18-38-26-24(28-40-30-26)22-6-4-8-32(2)20-22;;/h3-8,19-20H,9-18H2,1-2H3;2*1H/q+2;;/p-2. The Labute approximate surface area is 288 Å². The fraction of sp³-hybridized carbons (Fsp3) is 0.462. The maximum Gasteiger partial charge on any atom is 0.254 e. The molecule has 0 amide bonds. The predicted octanol–water partition coefficient (Wildman–Crippen LogP) is -4.10. The van der Waals surface area contributed by atoms with E-state index in [0.717, 1.165) is 46.0 Å². The van der Waals surface area contributed by atoms with E-state index >= 15 is 0 Å². The highest BCUT2D eigenvalue weighted by Crippen LogP contribution is 2.27. The average molecular weight is 845 g/mol. The average Bonchev–Trinajstić information content (AvgIpc) is 3.63. The van der Waals surface area contributed by atoms with Crippen LogP contribution in [0.25, 0.3) is 22.5 Å². The third kappa shape index (κ3) is 12.5. The van der Waals surface area contributed by atoms with Crippen molar-refractivity contribution in [1.29, 1.82) is 0 Å². The zero-order valence-electron chi connectivity index (χ0n) is 23.4. The number of aryl methyl sites for hydroxylation is 2. The zero-order valence-corrected chi connectivity index (χ0v) is 29.3. The quantitative estimate of drug-likeness (QED) is 0.0525. The Balaban J connectivity index is 0.00000308. The molecule has 0 bridgehead atoms. The molecule has 0 aliphatic heterocycles. The van der Waals surface area contributed by atoms with Crippen molar-refractivity contribution in [2.24, 2.45) is 14.1 Å². The minimum atomic E-state index is 0. The molecule has 0 unspecified atom stereocenters. The summed E-state index contributed by atoms with van der Waals surface area (Å²) >= 11 is 2.26. The van der Waals surface area contributed by atoms with Crippen LogP contribution in [0, 0.1) is 0 Å². The van der Waals surface area contributed by atoms with Gasteiger partial charge in [0.25, 0.3) is 11.8 Å². The van der Waals surface area contributed by atoms with Gasteiger partial charge in [0, 0.05) is 12.1 Å². The van der Waals surface area contributed by atoms with Crippen LogP contribution in [0.1, 0.15) is 0 Å². The zero-order chi connectivity index (χ0) is 27.8. The summed E-state index contributed by atoms with van der Waals surface area (Å²) in [4.78, 5) is 0. The molecule has 230 valence electrons. The topological polar surface area (TPSA) is 115 Å². The van der Waals surface area contributed by atoms with Crippen molar-refractivity contribution < 1.29 is 85.5 Å². The lowest BCUT2D eigenvalue weighted by atomic mass is 10.2. The van der Waals surface area contributed by atoms with Crippen LogP contribution in [0.15, 0.2) is 49.1 Å². The van der Waals surface area contributed by atoms with Crippen molar-refractivity contribution >= 4 is 23.5 Å². The molecule has 42 heavy (non-hydrogen) atoms. The molecular weight excluding hydrogens is 810 g/mol. The first kappa shape index (κ1) is 36.5. The lowest BCUT2D eigenvalue weighted by Crippen LogP contribution is -3.00. The summed E-state index contributed by atoms with van der Waals surface area (Å²) in [5.74, 6) is 1.04. The van der Waals surface area contributed by atoms with Crippen molar-refractivity contribution in [3.63, 3.8) is 0 Å². The maximum atomic E-state index is 5.74. The van der Waals surface area contributed by atoms with Gasteiger partial charge in [0.1, 0.15) is 27.3 Å². The summed E-state index contributed by atoms with van der Waals surface area (Å²) in [6, 6.07) is 7.88. The van der Waals surface area contributed by atoms with Gasteiger partial charge < -0.3 is 76.4 Å². The van der Waals surface area contributed by atoms with Gasteiger partial charge >= 0.3 is 0 Å². The minimum Gasteiger partial charge on any atom is -1.00 e. The molecule has 0 fully saturated rings. The predicted molar refractivity (Wildman–Crippen MR) is 147 cm³/mol. The summed E-state index contributed by atoms with van der Waals surface area (Å²) < 4.78 is 54.7. The van der Waals surface area contributed by atoms with Gasteiger partial charge in [0.05, 0.1) is 87.4 Å². The molecule has 0 aromatic carbocycles. The molecular formula is C26H34I2N6O6S2. The second kappa shape index (κ2) is 21.1. The van der Waals surface area contributed by atoms with Crippen molar-refractivity contribution in [2.45, 2.75) is 0 Å². The summed E-state index contributed by atoms with van der Waals surface area (Å²) in [6.45, 7) is 4.54. The van der Waals surface area contributed by atoms with E-state index in [4.69, 9.17) is 28.4 Å². The SMILES string of the molecule is C[n+]1cccc(-c2nsnc2OCCOCCOCCOCCOCCOc2nsnc2-c2ccc[n+](C)c2)c1.[I-].[I-]. The largest absolute Gasteiger partial charge is 1.00 e. The Bertz CT molecular complexity index is 1200. The highest BCUT2D eigenvalue weighted by atomic mass is 127. The lowest BCUT2D eigenvalue weighted by Gasteiger charge is -2.08. The molecule has 0 aliphatic carbocycles. The Morgan fingerprint density at radius 2 is 0.905 bits per heavy atom. The van der Waals surface area contributed by atoms with Gasteiger partial charge in [0.15, 0.2) is 36.2 Å². The Morgan fingerprint density at radius 3 is 1.26 bits per heavy atom. The van der Waals surface area contributed by atoms with E-state index in [9.17, 15) is 0 Å². The number of nitrogens with zero attached hydrogens (tertiary/aromatic N) is 6. The van der Waals surface area contributed by atoms with Crippen LogP contribution >= 0.6 is 23.5 Å². The van der Waals surface area contributed by atoms with Crippen molar-refractivity contribution in [3.8, 4) is 34.3 Å². The maximum absolute atomic E-state index is 5.74. The van der Waals surface area contributed by atoms with Crippen molar-refractivity contribution in [1.82, 2.24) is 17.5 Å². The normalized spacial score (nSPS) is 10.6. The second-order valence-electron chi connectivity index (χ2n) is 8.50. The molecule has 12 nitrogen and oxygen atoms in total. The molecule has 0 spiro atoms. The van der Waals surface area contributed by atoms with Gasteiger partial charge in [-0.1, -0.05) is 0 Å². The molecule has 4 heterocycles. The summed E-state index contributed by atoms with van der Waals surface area (Å²) in [5.41, 5.74) is 3.40. The van der Waals surface area contributed by atoms with E-state index in [0.29, 0.717) is 77.8 Å². The fourth-order valence-corrected chi connectivity index (χ4v) is 4.55. The van der Waals surface area contributed by atoms with Crippen LogP contribution in [0.4, 0.5) is 0 Å². The van der Waals surface area contributed by atoms with Crippen LogP contribution in [0.2, 0.25) is 0 Å². The van der Waals surface area contributed by atoms with E-state index in [-0.39, 0.29) is 48.0 Å². The van der Waals surface area contributed by atoms with E-state index in [1.54, 1.807) is 0 Å². The van der Waals surface area contributed by atoms with Gasteiger partial charge in [-0.2, -0.15) is 8.75 Å². The molecule has 0 saturated heterocycles. The summed E-state index contributed by atoms with van der Waals surface area (Å²) in [6.07, 6.45) is 7.88. The van der Waals surface area contributed by atoms with E-state index in [1.807, 2.05) is 72.3 Å². The minimum absolute atomic E-state index is 0. The molecule has 0 atom stereocenters. The third-order valence-corrected chi connectivity index (χ3v) is 6.42. The molecule has 0 N–H and O–H groups in total. The highest BCUT2D eigenvalue weighted by molar-refractivity contribution is 6.99. The molecule has 0 radical (unpaired) electrons. The van der Waals surface area contributed by atoms with Crippen molar-refractivity contribution in [3.05, 3.63) is 49.1 Å². The third-order valence-electron chi connectivity index (χ3n) is 5.39. The Morgan fingerprint density at radius 1 is 0.548 bits per heavy atom. The van der Waals surface area contributed by atoms with Gasteiger partial charge in [-0.25, -0.2) is 9.13 Å². The monoisotopic (exact) mass is 844 g/mol.